The lowest BCUT2D eigenvalue weighted by molar-refractivity contribution is -0.346. The van der Waals surface area contributed by atoms with Gasteiger partial charge in [-0.3, -0.25) is 0 Å². The molecule has 0 fully saturated rings. The molecule has 49 heavy (non-hydrogen) atoms. The Balaban J connectivity index is 0.000000989. The highest BCUT2D eigenvalue weighted by molar-refractivity contribution is 6.63. The first kappa shape index (κ1) is 34.8. The monoisotopic (exact) mass is 739 g/mol. The van der Waals surface area contributed by atoms with Crippen molar-refractivity contribution in [3.63, 3.8) is 0 Å². The number of alkyl halides is 3. The van der Waals surface area contributed by atoms with E-state index in [9.17, 15) is 0 Å². The van der Waals surface area contributed by atoms with Crippen LogP contribution in [-0.4, -0.2) is 57.5 Å². The highest BCUT2D eigenvalue weighted by Crippen LogP contribution is 2.50. The molecule has 254 valence electrons. The van der Waals surface area contributed by atoms with E-state index in [4.69, 9.17) is 48.8 Å². The maximum Gasteiger partial charge on any atom is 0.834 e. The first-order valence-corrected chi connectivity index (χ1v) is 16.1. The first-order chi connectivity index (χ1) is 23.0. The standard InChI is InChI=1S/C30H24B3F6N3O3.CHCl3/c1-19-4-10-22(11-5-19)40-16-25-28(43-31(40,34)35)26-17-41(23-12-6-20(2)7-13-23)33(38,39)45-30(26)27-18-42(32(36,37)44-29(25)27)24-14-8-21(3)9-15-24;2-1(3)4/h4-18H,1-3H3;1H. The molecule has 18 heteroatoms. The van der Waals surface area contributed by atoms with Gasteiger partial charge in [-0.05, 0) is 20.8 Å². The van der Waals surface area contributed by atoms with Crippen LogP contribution in [0.2, 0.25) is 0 Å². The van der Waals surface area contributed by atoms with E-state index >= 15 is 25.9 Å². The van der Waals surface area contributed by atoms with Gasteiger partial charge >= 0.3 is 21.1 Å². The molecule has 0 saturated heterocycles. The van der Waals surface area contributed by atoms with Gasteiger partial charge in [0.15, 0.2) is 21.4 Å². The third-order valence-electron chi connectivity index (χ3n) is 8.02. The summed E-state index contributed by atoms with van der Waals surface area (Å²) in [7, 11) is -14.6. The molecule has 0 aliphatic carbocycles. The van der Waals surface area contributed by atoms with Gasteiger partial charge in [-0.15, -0.1) is 0 Å². The molecule has 0 atom stereocenters. The summed E-state index contributed by atoms with van der Waals surface area (Å²) < 4.78 is 111. The van der Waals surface area contributed by atoms with Crippen molar-refractivity contribution in [2.75, 3.05) is 0 Å². The number of hydrogen-bond acceptors (Lipinski definition) is 3. The van der Waals surface area contributed by atoms with Gasteiger partial charge in [-0.1, -0.05) is 87.9 Å². The zero-order valence-corrected chi connectivity index (χ0v) is 28.2. The fraction of sp³-hybridized carbons (Fsp3) is 0.129. The third-order valence-corrected chi connectivity index (χ3v) is 8.02. The highest BCUT2D eigenvalue weighted by atomic mass is 35.6. The topological polar surface area (TPSA) is 36.7 Å². The van der Waals surface area contributed by atoms with Crippen LogP contribution in [0.1, 0.15) is 33.4 Å². The van der Waals surface area contributed by atoms with Crippen molar-refractivity contribution in [3.05, 3.63) is 106 Å². The molecule has 6 nitrogen and oxygen atoms in total. The molecule has 0 unspecified atom stereocenters. The van der Waals surface area contributed by atoms with Crippen molar-refractivity contribution >= 4 is 91.6 Å². The maximum atomic E-state index is 15.7. The predicted octanol–water partition coefficient (Wildman–Crippen LogP) is 9.19. The van der Waals surface area contributed by atoms with Crippen LogP contribution in [0.15, 0.2) is 72.8 Å². The van der Waals surface area contributed by atoms with Crippen LogP contribution in [0, 0.1) is 20.8 Å². The van der Waals surface area contributed by atoms with Crippen molar-refractivity contribution < 1.29 is 53.3 Å². The Hall–Kier alpha value is -4.07. The van der Waals surface area contributed by atoms with Crippen LogP contribution in [0.5, 0.6) is 17.2 Å². The number of fused-ring (bicyclic) bond motifs is 6. The Morgan fingerprint density at radius 3 is 0.857 bits per heavy atom. The molecule has 4 aromatic rings. The molecule has 0 aromatic heterocycles. The van der Waals surface area contributed by atoms with Gasteiger partial charge in [0.2, 0.25) is 0 Å². The number of hydrogen-bond donors (Lipinski definition) is 0. The molecule has 0 spiro atoms. The lowest BCUT2D eigenvalue weighted by Gasteiger charge is -2.37. The normalized spacial score (nSPS) is 17.7. The minimum Gasteiger partial charge on any atom is -0.598 e. The second-order valence-electron chi connectivity index (χ2n) is 11.6. The van der Waals surface area contributed by atoms with E-state index in [1.807, 2.05) is 0 Å². The minimum absolute atomic E-state index is 0.0254. The average Bonchev–Trinajstić information content (AvgIpc) is 3.01. The van der Waals surface area contributed by atoms with Crippen LogP contribution >= 0.6 is 34.8 Å². The Morgan fingerprint density at radius 1 is 0.449 bits per heavy atom. The second-order valence-corrected chi connectivity index (χ2v) is 13.6. The number of aryl methyl sites for hydroxylation is 3. The molecular weight excluding hydrogens is 715 g/mol. The summed E-state index contributed by atoms with van der Waals surface area (Å²) in [6.07, 6.45) is 2.85. The molecule has 3 heterocycles. The van der Waals surface area contributed by atoms with Gasteiger partial charge in [0, 0.05) is 36.4 Å². The summed E-state index contributed by atoms with van der Waals surface area (Å²) >= 11 is 14.4. The van der Waals surface area contributed by atoms with Crippen LogP contribution in [0.4, 0.5) is 43.0 Å². The SMILES string of the molecule is Cc1ccc([N+]2=Cc3c(c4c(c5c3O[B-](F)(F)[N+](c3ccc(C)cc3)=C5)O[B-](F)(F)[N+](c3ccc(C)cc3)=C4)O[B-]2(F)F)cc1.ClC(Cl)Cl. The largest absolute Gasteiger partial charge is 0.834 e. The molecular formula is C31H25B3Cl3F6N3O3. The zero-order chi connectivity index (χ0) is 35.5. The maximum absolute atomic E-state index is 15.7. The minimum atomic E-state index is -4.85. The third kappa shape index (κ3) is 6.76. The van der Waals surface area contributed by atoms with Crippen LogP contribution in [0.3, 0.4) is 0 Å². The van der Waals surface area contributed by atoms with E-state index in [2.05, 4.69) is 0 Å². The zero-order valence-electron chi connectivity index (χ0n) is 25.9. The summed E-state index contributed by atoms with van der Waals surface area (Å²) in [4.78, 5) is 0. The van der Waals surface area contributed by atoms with Gasteiger partial charge in [0.1, 0.15) is 52.6 Å². The number of rotatable bonds is 3. The fourth-order valence-electron chi connectivity index (χ4n) is 5.65. The van der Waals surface area contributed by atoms with Gasteiger partial charge in [0.25, 0.3) is 0 Å². The Morgan fingerprint density at radius 2 is 0.653 bits per heavy atom. The Bertz CT molecular complexity index is 1800. The van der Waals surface area contributed by atoms with E-state index < -0.39 is 42.7 Å². The summed E-state index contributed by atoms with van der Waals surface area (Å²) in [6, 6.07) is 18.3. The van der Waals surface area contributed by atoms with Crippen molar-refractivity contribution in [1.82, 2.24) is 0 Å². The predicted molar refractivity (Wildman–Crippen MR) is 182 cm³/mol. The van der Waals surface area contributed by atoms with Crippen LogP contribution in [-0.2, 0) is 0 Å². The summed E-state index contributed by atoms with van der Waals surface area (Å²) in [5.41, 5.74) is 1.66. The van der Waals surface area contributed by atoms with Crippen molar-refractivity contribution in [2.45, 2.75) is 25.1 Å². The lowest BCUT2D eigenvalue weighted by Crippen LogP contribution is -2.51. The van der Waals surface area contributed by atoms with Gasteiger partial charge in [-0.2, -0.15) is 0 Å². The first-order valence-electron chi connectivity index (χ1n) is 14.8. The molecule has 3 aliphatic rings. The summed E-state index contributed by atoms with van der Waals surface area (Å²) in [6.45, 7) is 5.34. The molecule has 4 aromatic carbocycles. The Labute approximate surface area is 292 Å². The fourth-order valence-corrected chi connectivity index (χ4v) is 5.65. The van der Waals surface area contributed by atoms with E-state index in [0.717, 1.165) is 35.3 Å². The molecule has 0 N–H and O–H groups in total. The van der Waals surface area contributed by atoms with E-state index in [1.54, 1.807) is 57.2 Å². The smallest absolute Gasteiger partial charge is 0.598 e. The number of halogens is 9. The van der Waals surface area contributed by atoms with E-state index in [1.165, 1.54) is 36.4 Å². The quantitative estimate of drug-likeness (QED) is 0.120. The molecule has 0 amide bonds. The van der Waals surface area contributed by atoms with E-state index in [0.29, 0.717) is 13.5 Å². The summed E-state index contributed by atoms with van der Waals surface area (Å²) in [5.74, 6) is -1.86. The van der Waals surface area contributed by atoms with Gasteiger partial charge in [0.05, 0.1) is 0 Å². The second kappa shape index (κ2) is 12.7. The molecule has 0 bridgehead atoms. The van der Waals surface area contributed by atoms with Gasteiger partial charge in [-0.25, -0.2) is 0 Å². The lowest BCUT2D eigenvalue weighted by atomic mass is 9.88. The van der Waals surface area contributed by atoms with Crippen molar-refractivity contribution in [1.29, 1.82) is 0 Å². The van der Waals surface area contributed by atoms with Crippen LogP contribution < -0.4 is 14.0 Å². The molecule has 0 radical (unpaired) electrons. The van der Waals surface area contributed by atoms with Gasteiger partial charge < -0.3 is 53.3 Å². The molecule has 0 saturated carbocycles. The van der Waals surface area contributed by atoms with Crippen molar-refractivity contribution in [2.24, 2.45) is 0 Å². The molecule has 7 rings (SSSR count). The van der Waals surface area contributed by atoms with Crippen LogP contribution in [0.25, 0.3) is 0 Å². The molecule has 3 aliphatic heterocycles. The number of benzene rings is 4. The summed E-state index contributed by atoms with van der Waals surface area (Å²) in [5, 5.41) is 0. The average molecular weight is 740 g/mol. The van der Waals surface area contributed by atoms with Crippen molar-refractivity contribution in [3.8, 4) is 17.2 Å². The highest BCUT2D eigenvalue weighted by Gasteiger charge is 2.58. The number of nitrogens with zero attached hydrogens (tertiary/aromatic N) is 3. The van der Waals surface area contributed by atoms with E-state index in [-0.39, 0.29) is 33.8 Å². The Kier molecular flexibility index (Phi) is 9.00.